The van der Waals surface area contributed by atoms with Crippen LogP contribution >= 0.6 is 11.6 Å². The highest BCUT2D eigenvalue weighted by molar-refractivity contribution is 6.30. The number of nitrogens with one attached hydrogen (secondary N) is 1. The van der Waals surface area contributed by atoms with Gasteiger partial charge < -0.3 is 19.7 Å². The van der Waals surface area contributed by atoms with Gasteiger partial charge >= 0.3 is 0 Å². The van der Waals surface area contributed by atoms with Gasteiger partial charge in [-0.05, 0) is 47.4 Å². The van der Waals surface area contributed by atoms with Crippen molar-refractivity contribution in [2.75, 3.05) is 20.8 Å². The Kier molecular flexibility index (Phi) is 10.2. The van der Waals surface area contributed by atoms with Crippen LogP contribution in [0.25, 0.3) is 0 Å². The zero-order valence-electron chi connectivity index (χ0n) is 21.0. The minimum atomic E-state index is -0.652. The van der Waals surface area contributed by atoms with Crippen molar-refractivity contribution < 1.29 is 19.1 Å². The molecule has 0 saturated carbocycles. The molecular weight excluding hydrogens is 476 g/mol. The topological polar surface area (TPSA) is 67.9 Å². The zero-order valence-corrected chi connectivity index (χ0v) is 21.8. The van der Waals surface area contributed by atoms with E-state index in [4.69, 9.17) is 21.1 Å². The van der Waals surface area contributed by atoms with Crippen LogP contribution in [-0.4, -0.2) is 43.5 Å². The normalized spacial score (nSPS) is 11.4. The molecule has 0 heterocycles. The molecule has 0 bridgehead atoms. The minimum Gasteiger partial charge on any atom is -0.493 e. The summed E-state index contributed by atoms with van der Waals surface area (Å²) in [6, 6.07) is 22.2. The van der Waals surface area contributed by atoms with E-state index in [1.807, 2.05) is 67.6 Å². The largest absolute Gasteiger partial charge is 0.493 e. The number of amides is 2. The summed E-state index contributed by atoms with van der Waals surface area (Å²) in [5, 5.41) is 3.67. The molecule has 6 nitrogen and oxygen atoms in total. The fraction of sp³-hybridized carbons (Fsp3) is 0.310. The molecule has 0 aliphatic heterocycles. The summed E-state index contributed by atoms with van der Waals surface area (Å²) in [6.45, 7) is 2.56. The quantitative estimate of drug-likeness (QED) is 0.371. The number of ether oxygens (including phenoxy) is 2. The van der Waals surface area contributed by atoms with E-state index in [1.165, 1.54) is 0 Å². The van der Waals surface area contributed by atoms with Crippen molar-refractivity contribution in [1.29, 1.82) is 0 Å². The summed E-state index contributed by atoms with van der Waals surface area (Å²) in [7, 11) is 3.19. The molecule has 3 aromatic carbocycles. The molecule has 0 aromatic heterocycles. The van der Waals surface area contributed by atoms with E-state index < -0.39 is 6.04 Å². The molecule has 3 aromatic rings. The molecule has 0 aliphatic rings. The second-order valence-electron chi connectivity index (χ2n) is 8.44. The minimum absolute atomic E-state index is 0.0825. The Morgan fingerprint density at radius 1 is 0.889 bits per heavy atom. The van der Waals surface area contributed by atoms with E-state index in [-0.39, 0.29) is 11.8 Å². The highest BCUT2D eigenvalue weighted by atomic mass is 35.5. The van der Waals surface area contributed by atoms with Gasteiger partial charge in [-0.25, -0.2) is 0 Å². The van der Waals surface area contributed by atoms with Gasteiger partial charge in [-0.1, -0.05) is 67.1 Å². The molecule has 0 spiro atoms. The molecule has 7 heteroatoms. The fourth-order valence-electron chi connectivity index (χ4n) is 4.03. The summed E-state index contributed by atoms with van der Waals surface area (Å²) in [4.78, 5) is 28.2. The summed E-state index contributed by atoms with van der Waals surface area (Å²) in [5.74, 6) is 1.03. The highest BCUT2D eigenvalue weighted by Gasteiger charge is 2.29. The molecule has 1 atom stereocenters. The lowest BCUT2D eigenvalue weighted by atomic mass is 10.0. The molecule has 36 heavy (non-hydrogen) atoms. The molecule has 0 radical (unpaired) electrons. The van der Waals surface area contributed by atoms with Gasteiger partial charge in [0, 0.05) is 31.0 Å². The average molecular weight is 509 g/mol. The SMILES string of the molecule is CCC(=O)N(Cc1ccc(Cl)cc1)[C@H](Cc1ccccc1)C(=O)NCCc1ccc(OC)c(OC)c1. The molecule has 0 fully saturated rings. The van der Waals surface area contributed by atoms with Crippen LogP contribution in [0.1, 0.15) is 30.0 Å². The number of halogens is 1. The third-order valence-electron chi connectivity index (χ3n) is 6.00. The number of carbonyl (C=O) groups excluding carboxylic acids is 2. The lowest BCUT2D eigenvalue weighted by Gasteiger charge is -2.31. The number of benzene rings is 3. The van der Waals surface area contributed by atoms with Crippen LogP contribution in [-0.2, 0) is 29.0 Å². The van der Waals surface area contributed by atoms with Gasteiger partial charge in [0.1, 0.15) is 6.04 Å². The maximum atomic E-state index is 13.5. The predicted molar refractivity (Wildman–Crippen MR) is 142 cm³/mol. The monoisotopic (exact) mass is 508 g/mol. The summed E-state index contributed by atoms with van der Waals surface area (Å²) >= 11 is 6.04. The lowest BCUT2D eigenvalue weighted by molar-refractivity contribution is -0.141. The van der Waals surface area contributed by atoms with Gasteiger partial charge in [0.05, 0.1) is 14.2 Å². The van der Waals surface area contributed by atoms with Gasteiger partial charge in [0.2, 0.25) is 11.8 Å². The number of nitrogens with zero attached hydrogens (tertiary/aromatic N) is 1. The molecule has 0 aliphatic carbocycles. The molecule has 2 amide bonds. The van der Waals surface area contributed by atoms with E-state index in [0.717, 1.165) is 16.7 Å². The van der Waals surface area contributed by atoms with E-state index in [2.05, 4.69) is 5.32 Å². The third kappa shape index (κ3) is 7.49. The maximum absolute atomic E-state index is 13.5. The van der Waals surface area contributed by atoms with Crippen LogP contribution in [0.2, 0.25) is 5.02 Å². The first kappa shape index (κ1) is 27.1. The van der Waals surface area contributed by atoms with Crippen molar-refractivity contribution in [2.45, 2.75) is 38.8 Å². The van der Waals surface area contributed by atoms with Gasteiger partial charge in [-0.15, -0.1) is 0 Å². The van der Waals surface area contributed by atoms with Crippen molar-refractivity contribution >= 4 is 23.4 Å². The van der Waals surface area contributed by atoms with Gasteiger partial charge in [-0.2, -0.15) is 0 Å². The fourth-order valence-corrected chi connectivity index (χ4v) is 4.15. The van der Waals surface area contributed by atoms with Gasteiger partial charge in [0.25, 0.3) is 0 Å². The van der Waals surface area contributed by atoms with Crippen LogP contribution in [0.5, 0.6) is 11.5 Å². The van der Waals surface area contributed by atoms with E-state index >= 15 is 0 Å². The Hall–Kier alpha value is -3.51. The molecular formula is C29H33ClN2O4. The summed E-state index contributed by atoms with van der Waals surface area (Å²) < 4.78 is 10.7. The molecule has 190 valence electrons. The van der Waals surface area contributed by atoms with E-state index in [1.54, 1.807) is 31.3 Å². The van der Waals surface area contributed by atoms with Crippen LogP contribution in [0.15, 0.2) is 72.8 Å². The highest BCUT2D eigenvalue weighted by Crippen LogP contribution is 2.27. The Morgan fingerprint density at radius 2 is 1.56 bits per heavy atom. The average Bonchev–Trinajstić information content (AvgIpc) is 2.91. The number of hydrogen-bond donors (Lipinski definition) is 1. The van der Waals surface area contributed by atoms with Gasteiger partial charge in [0.15, 0.2) is 11.5 Å². The second kappa shape index (κ2) is 13.5. The first-order valence-corrected chi connectivity index (χ1v) is 12.4. The zero-order chi connectivity index (χ0) is 25.9. The van der Waals surface area contributed by atoms with E-state index in [9.17, 15) is 9.59 Å². The Bertz CT molecular complexity index is 1140. The molecule has 3 rings (SSSR count). The molecule has 0 unspecified atom stereocenters. The summed E-state index contributed by atoms with van der Waals surface area (Å²) in [6.07, 6.45) is 1.34. The van der Waals surface area contributed by atoms with Crippen LogP contribution in [0, 0.1) is 0 Å². The lowest BCUT2D eigenvalue weighted by Crippen LogP contribution is -2.50. The number of methoxy groups -OCH3 is 2. The molecule has 1 N–H and O–H groups in total. The van der Waals surface area contributed by atoms with Crippen molar-refractivity contribution in [1.82, 2.24) is 10.2 Å². The van der Waals surface area contributed by atoms with Crippen molar-refractivity contribution in [3.8, 4) is 11.5 Å². The van der Waals surface area contributed by atoms with E-state index in [0.29, 0.717) is 48.9 Å². The van der Waals surface area contributed by atoms with Crippen LogP contribution < -0.4 is 14.8 Å². The predicted octanol–water partition coefficient (Wildman–Crippen LogP) is 5.07. The standard InChI is InChI=1S/C29H33ClN2O4/c1-4-28(33)32(20-23-10-13-24(30)14-11-23)25(18-21-8-6-5-7-9-21)29(34)31-17-16-22-12-15-26(35-2)27(19-22)36-3/h5-15,19,25H,4,16-18,20H2,1-3H3,(H,31,34)/t25-/m1/s1. The Labute approximate surface area is 218 Å². The Balaban J connectivity index is 1.78. The first-order valence-electron chi connectivity index (χ1n) is 12.0. The summed E-state index contributed by atoms with van der Waals surface area (Å²) in [5.41, 5.74) is 2.91. The smallest absolute Gasteiger partial charge is 0.243 e. The number of carbonyl (C=O) groups is 2. The van der Waals surface area contributed by atoms with Crippen LogP contribution in [0.3, 0.4) is 0 Å². The third-order valence-corrected chi connectivity index (χ3v) is 6.25. The number of hydrogen-bond acceptors (Lipinski definition) is 4. The second-order valence-corrected chi connectivity index (χ2v) is 8.87. The molecule has 0 saturated heterocycles. The number of rotatable bonds is 12. The van der Waals surface area contributed by atoms with Crippen molar-refractivity contribution in [3.63, 3.8) is 0 Å². The maximum Gasteiger partial charge on any atom is 0.243 e. The van der Waals surface area contributed by atoms with Crippen LogP contribution in [0.4, 0.5) is 0 Å². The van der Waals surface area contributed by atoms with Gasteiger partial charge in [-0.3, -0.25) is 9.59 Å². The van der Waals surface area contributed by atoms with Crippen molar-refractivity contribution in [3.05, 3.63) is 94.5 Å². The first-order chi connectivity index (χ1) is 17.4. The Morgan fingerprint density at radius 3 is 2.19 bits per heavy atom. The van der Waals surface area contributed by atoms with Crippen molar-refractivity contribution in [2.24, 2.45) is 0 Å².